The average molecular weight is 450 g/mol. The number of carbonyl (C=O) groups excluding carboxylic acids is 2. The average Bonchev–Trinajstić information content (AvgIpc) is 3.29. The smallest absolute Gasteiger partial charge is 0.266 e. The first-order valence-corrected chi connectivity index (χ1v) is 11.6. The second-order valence-corrected chi connectivity index (χ2v) is 10.9. The van der Waals surface area contributed by atoms with Gasteiger partial charge in [0, 0.05) is 18.5 Å². The van der Waals surface area contributed by atoms with E-state index in [2.05, 4.69) is 5.32 Å². The number of nitrogens with two attached hydrogens (primary N) is 1. The van der Waals surface area contributed by atoms with Gasteiger partial charge < -0.3 is 11.1 Å². The zero-order valence-electron chi connectivity index (χ0n) is 15.7. The van der Waals surface area contributed by atoms with Gasteiger partial charge in [0.2, 0.25) is 0 Å². The predicted octanol–water partition coefficient (Wildman–Crippen LogP) is 3.29. The lowest BCUT2D eigenvalue weighted by atomic mass is 10.2. The first-order chi connectivity index (χ1) is 13.7. The minimum atomic E-state index is -3.87. The number of benzene rings is 1. The van der Waals surface area contributed by atoms with E-state index in [4.69, 9.17) is 5.73 Å². The molecule has 0 aliphatic carbocycles. The summed E-state index contributed by atoms with van der Waals surface area (Å²) in [6.45, 7) is 2.04. The lowest BCUT2D eigenvalue weighted by Crippen LogP contribution is -2.25. The van der Waals surface area contributed by atoms with E-state index in [0.29, 0.717) is 4.88 Å². The van der Waals surface area contributed by atoms with Gasteiger partial charge in [-0.05, 0) is 30.7 Å². The van der Waals surface area contributed by atoms with E-state index in [1.165, 1.54) is 28.8 Å². The van der Waals surface area contributed by atoms with Crippen molar-refractivity contribution in [3.05, 3.63) is 69.4 Å². The molecule has 3 N–H and O–H groups in total. The van der Waals surface area contributed by atoms with E-state index in [0.717, 1.165) is 21.8 Å². The number of aryl methyl sites for hydroxylation is 1. The monoisotopic (exact) mass is 449 g/mol. The summed E-state index contributed by atoms with van der Waals surface area (Å²) in [5, 5.41) is 2.72. The van der Waals surface area contributed by atoms with Crippen LogP contribution in [-0.4, -0.2) is 31.6 Å². The maximum Gasteiger partial charge on any atom is 0.266 e. The Morgan fingerprint density at radius 1 is 1.10 bits per heavy atom. The molecular formula is C19H19N3O4S3. The summed E-state index contributed by atoms with van der Waals surface area (Å²) < 4.78 is 27.0. The summed E-state index contributed by atoms with van der Waals surface area (Å²) in [7, 11) is -2.42. The first-order valence-electron chi connectivity index (χ1n) is 8.50. The van der Waals surface area contributed by atoms with Gasteiger partial charge >= 0.3 is 0 Å². The molecular weight excluding hydrogens is 430 g/mol. The van der Waals surface area contributed by atoms with Crippen LogP contribution in [0.25, 0.3) is 0 Å². The molecule has 2 heterocycles. The van der Waals surface area contributed by atoms with Crippen molar-refractivity contribution in [2.75, 3.05) is 12.4 Å². The number of nitrogens with one attached hydrogen (secondary N) is 1. The van der Waals surface area contributed by atoms with Gasteiger partial charge in [0.15, 0.2) is 0 Å². The number of sulfonamides is 1. The number of nitrogens with zero attached hydrogens (tertiary/aromatic N) is 1. The minimum Gasteiger partial charge on any atom is -0.366 e. The number of carbonyl (C=O) groups is 2. The van der Waals surface area contributed by atoms with Crippen LogP contribution in [0.4, 0.5) is 5.00 Å². The van der Waals surface area contributed by atoms with Crippen LogP contribution in [0, 0.1) is 6.92 Å². The summed E-state index contributed by atoms with van der Waals surface area (Å²) in [6, 6.07) is 13.8. The highest BCUT2D eigenvalue weighted by molar-refractivity contribution is 7.91. The van der Waals surface area contributed by atoms with Gasteiger partial charge in [-0.1, -0.05) is 30.3 Å². The third-order valence-electron chi connectivity index (χ3n) is 4.08. The van der Waals surface area contributed by atoms with Crippen LogP contribution < -0.4 is 11.1 Å². The molecule has 3 rings (SSSR count). The predicted molar refractivity (Wildman–Crippen MR) is 115 cm³/mol. The SMILES string of the molecule is Cc1ccc(C(=O)Nc2sc(S(=O)(=O)N(C)Cc3ccccc3)cc2C(N)=O)s1. The summed E-state index contributed by atoms with van der Waals surface area (Å²) in [4.78, 5) is 25.7. The van der Waals surface area contributed by atoms with Gasteiger partial charge in [0.25, 0.3) is 21.8 Å². The second-order valence-electron chi connectivity index (χ2n) is 6.28. The molecule has 0 fully saturated rings. The number of primary amides is 1. The Morgan fingerprint density at radius 2 is 1.79 bits per heavy atom. The summed E-state index contributed by atoms with van der Waals surface area (Å²) in [5.41, 5.74) is 6.19. The molecule has 0 spiro atoms. The van der Waals surface area contributed by atoms with Crippen molar-refractivity contribution in [3.8, 4) is 0 Å². The molecule has 0 saturated heterocycles. The minimum absolute atomic E-state index is 0.0386. The fraction of sp³-hybridized carbons (Fsp3) is 0.158. The van der Waals surface area contributed by atoms with E-state index < -0.39 is 21.8 Å². The number of thiophene rings is 2. The maximum atomic E-state index is 13.0. The Hall–Kier alpha value is -2.53. The quantitative estimate of drug-likeness (QED) is 0.577. The number of hydrogen-bond acceptors (Lipinski definition) is 6. The van der Waals surface area contributed by atoms with Crippen LogP contribution in [0.2, 0.25) is 0 Å². The highest BCUT2D eigenvalue weighted by atomic mass is 32.2. The topological polar surface area (TPSA) is 110 Å². The van der Waals surface area contributed by atoms with Gasteiger partial charge in [-0.2, -0.15) is 4.31 Å². The van der Waals surface area contributed by atoms with Gasteiger partial charge in [0.1, 0.15) is 9.21 Å². The molecule has 2 aromatic heterocycles. The standard InChI is InChI=1S/C19H19N3O4S3/c1-12-8-9-15(27-12)18(24)21-19-14(17(20)23)10-16(28-19)29(25,26)22(2)11-13-6-4-3-5-7-13/h3-10H,11H2,1-2H3,(H2,20,23)(H,21,24). The first kappa shape index (κ1) is 21.2. The molecule has 10 heteroatoms. The summed E-state index contributed by atoms with van der Waals surface area (Å²) in [5.74, 6) is -1.24. The summed E-state index contributed by atoms with van der Waals surface area (Å²) >= 11 is 2.10. The molecule has 0 aliphatic heterocycles. The highest BCUT2D eigenvalue weighted by Crippen LogP contribution is 2.33. The molecule has 0 radical (unpaired) electrons. The Kier molecular flexibility index (Phi) is 6.18. The zero-order chi connectivity index (χ0) is 21.2. The number of amides is 2. The Bertz CT molecular complexity index is 1150. The van der Waals surface area contributed by atoms with Crippen molar-refractivity contribution < 1.29 is 18.0 Å². The van der Waals surface area contributed by atoms with E-state index in [1.807, 2.05) is 37.3 Å². The van der Waals surface area contributed by atoms with Crippen molar-refractivity contribution in [1.29, 1.82) is 0 Å². The number of rotatable bonds is 7. The molecule has 0 atom stereocenters. The van der Waals surface area contributed by atoms with Gasteiger partial charge in [-0.15, -0.1) is 22.7 Å². The van der Waals surface area contributed by atoms with Gasteiger partial charge in [-0.3, -0.25) is 9.59 Å². The second kappa shape index (κ2) is 8.46. The Balaban J connectivity index is 1.88. The van der Waals surface area contributed by atoms with Crippen LogP contribution in [0.15, 0.2) is 52.7 Å². The van der Waals surface area contributed by atoms with E-state index in [9.17, 15) is 18.0 Å². The molecule has 29 heavy (non-hydrogen) atoms. The fourth-order valence-electron chi connectivity index (χ4n) is 2.57. The van der Waals surface area contributed by atoms with Crippen molar-refractivity contribution >= 4 is 49.5 Å². The molecule has 1 aromatic carbocycles. The van der Waals surface area contributed by atoms with Crippen molar-refractivity contribution in [2.24, 2.45) is 5.73 Å². The Labute approximate surface area is 176 Å². The van der Waals surface area contributed by atoms with Crippen molar-refractivity contribution in [1.82, 2.24) is 4.31 Å². The van der Waals surface area contributed by atoms with Crippen LogP contribution in [-0.2, 0) is 16.6 Å². The molecule has 3 aromatic rings. The lowest BCUT2D eigenvalue weighted by Gasteiger charge is -2.15. The van der Waals surface area contributed by atoms with Crippen molar-refractivity contribution in [2.45, 2.75) is 17.7 Å². The zero-order valence-corrected chi connectivity index (χ0v) is 18.2. The van der Waals surface area contributed by atoms with E-state index in [-0.39, 0.29) is 21.3 Å². The molecule has 0 unspecified atom stereocenters. The van der Waals surface area contributed by atoms with Crippen LogP contribution in [0.3, 0.4) is 0 Å². The third kappa shape index (κ3) is 4.73. The van der Waals surface area contributed by atoms with Gasteiger partial charge in [-0.25, -0.2) is 8.42 Å². The van der Waals surface area contributed by atoms with Crippen molar-refractivity contribution in [3.63, 3.8) is 0 Å². The molecule has 0 saturated carbocycles. The van der Waals surface area contributed by atoms with E-state index in [1.54, 1.807) is 12.1 Å². The molecule has 0 aliphatic rings. The number of anilines is 1. The highest BCUT2D eigenvalue weighted by Gasteiger charge is 2.27. The number of hydrogen-bond donors (Lipinski definition) is 2. The lowest BCUT2D eigenvalue weighted by molar-refractivity contribution is 0.100. The van der Waals surface area contributed by atoms with Crippen LogP contribution in [0.1, 0.15) is 30.5 Å². The van der Waals surface area contributed by atoms with E-state index >= 15 is 0 Å². The van der Waals surface area contributed by atoms with Crippen LogP contribution in [0.5, 0.6) is 0 Å². The normalized spacial score (nSPS) is 11.6. The molecule has 152 valence electrons. The van der Waals surface area contributed by atoms with Gasteiger partial charge in [0.05, 0.1) is 10.4 Å². The third-order valence-corrected chi connectivity index (χ3v) is 8.38. The fourth-order valence-corrected chi connectivity index (χ4v) is 6.07. The molecule has 2 amide bonds. The summed E-state index contributed by atoms with van der Waals surface area (Å²) in [6.07, 6.45) is 0. The maximum absolute atomic E-state index is 13.0. The molecule has 0 bridgehead atoms. The van der Waals surface area contributed by atoms with Crippen LogP contribution >= 0.6 is 22.7 Å². The largest absolute Gasteiger partial charge is 0.366 e. The molecule has 7 nitrogen and oxygen atoms in total. The Morgan fingerprint density at radius 3 is 2.38 bits per heavy atom.